The van der Waals surface area contributed by atoms with Crippen LogP contribution in [0.5, 0.6) is 0 Å². The fourth-order valence-corrected chi connectivity index (χ4v) is 4.09. The van der Waals surface area contributed by atoms with Crippen LogP contribution in [0.25, 0.3) is 5.57 Å². The molecule has 1 heterocycles. The maximum Gasteiger partial charge on any atom is 0.272 e. The van der Waals surface area contributed by atoms with E-state index in [1.165, 1.54) is 42.1 Å². The van der Waals surface area contributed by atoms with Crippen LogP contribution in [0.15, 0.2) is 47.4 Å². The average molecular weight is 410 g/mol. The molecule has 7 heteroatoms. The Hall–Kier alpha value is -1.82. The molecule has 0 saturated heterocycles. The second-order valence-electron chi connectivity index (χ2n) is 5.92. The number of hydrogen-bond acceptors (Lipinski definition) is 3. The highest BCUT2D eigenvalue weighted by molar-refractivity contribution is 8.04. The van der Waals surface area contributed by atoms with Crippen LogP contribution in [0.3, 0.4) is 0 Å². The van der Waals surface area contributed by atoms with Gasteiger partial charge in [-0.25, -0.2) is 9.29 Å². The molecule has 0 unspecified atom stereocenters. The van der Waals surface area contributed by atoms with Crippen LogP contribution in [0, 0.1) is 5.82 Å². The van der Waals surface area contributed by atoms with E-state index in [9.17, 15) is 14.0 Å². The molecule has 2 aromatic rings. The quantitative estimate of drug-likeness (QED) is 0.620. The molecule has 0 aromatic heterocycles. The van der Waals surface area contributed by atoms with Crippen molar-refractivity contribution in [3.63, 3.8) is 0 Å². The number of imide groups is 1. The van der Waals surface area contributed by atoms with Crippen molar-refractivity contribution in [1.82, 2.24) is 0 Å². The summed E-state index contributed by atoms with van der Waals surface area (Å²) < 4.78 is 13.2. The molecule has 3 rings (SSSR count). The lowest BCUT2D eigenvalue weighted by Gasteiger charge is -2.15. The number of hydrogen-bond donors (Lipinski definition) is 0. The molecule has 1 aliphatic rings. The minimum Gasteiger partial charge on any atom is -0.268 e. The summed E-state index contributed by atoms with van der Waals surface area (Å²) in [7, 11) is 0. The molecule has 0 saturated carbocycles. The Balaban J connectivity index is 2.14. The molecule has 1 aliphatic heterocycles. The van der Waals surface area contributed by atoms with Gasteiger partial charge in [-0.3, -0.25) is 9.59 Å². The lowest BCUT2D eigenvalue weighted by molar-refractivity contribution is -0.119. The van der Waals surface area contributed by atoms with E-state index < -0.39 is 17.6 Å². The molecule has 0 bridgehead atoms. The van der Waals surface area contributed by atoms with Gasteiger partial charge in [0.25, 0.3) is 11.8 Å². The number of anilines is 1. The summed E-state index contributed by atoms with van der Waals surface area (Å²) in [5.74, 6) is -1.38. The lowest BCUT2D eigenvalue weighted by atomic mass is 10.1. The minimum atomic E-state index is -0.492. The molecule has 2 aromatic carbocycles. The van der Waals surface area contributed by atoms with Crippen molar-refractivity contribution in [3.05, 3.63) is 68.8 Å². The summed E-state index contributed by atoms with van der Waals surface area (Å²) in [6, 6.07) is 9.98. The first kappa shape index (κ1) is 19.0. The van der Waals surface area contributed by atoms with E-state index in [0.29, 0.717) is 21.2 Å². The molecule has 0 radical (unpaired) electrons. The Morgan fingerprint density at radius 2 is 1.65 bits per heavy atom. The average Bonchev–Trinajstić information content (AvgIpc) is 2.79. The maximum atomic E-state index is 13.2. The summed E-state index contributed by atoms with van der Waals surface area (Å²) in [5.41, 5.74) is 0.991. The smallest absolute Gasteiger partial charge is 0.268 e. The van der Waals surface area contributed by atoms with Gasteiger partial charge in [-0.05, 0) is 36.4 Å². The summed E-state index contributed by atoms with van der Waals surface area (Å²) in [6.07, 6.45) is 0. The second-order valence-corrected chi connectivity index (χ2v) is 8.35. The number of nitrogens with zero attached hydrogens (tertiary/aromatic N) is 1. The molecular weight excluding hydrogens is 396 g/mol. The van der Waals surface area contributed by atoms with Crippen molar-refractivity contribution >= 4 is 58.0 Å². The van der Waals surface area contributed by atoms with Gasteiger partial charge in [-0.15, -0.1) is 11.8 Å². The van der Waals surface area contributed by atoms with Gasteiger partial charge in [-0.1, -0.05) is 43.1 Å². The zero-order chi connectivity index (χ0) is 19.0. The number of halogens is 3. The van der Waals surface area contributed by atoms with E-state index >= 15 is 0 Å². The largest absolute Gasteiger partial charge is 0.272 e. The van der Waals surface area contributed by atoms with Crippen molar-refractivity contribution in [2.75, 3.05) is 4.90 Å². The van der Waals surface area contributed by atoms with E-state index in [1.807, 2.05) is 13.8 Å². The van der Waals surface area contributed by atoms with E-state index in [2.05, 4.69) is 0 Å². The molecule has 26 heavy (non-hydrogen) atoms. The van der Waals surface area contributed by atoms with Gasteiger partial charge in [0.05, 0.1) is 21.2 Å². The van der Waals surface area contributed by atoms with Gasteiger partial charge < -0.3 is 0 Å². The van der Waals surface area contributed by atoms with Crippen molar-refractivity contribution in [2.24, 2.45) is 0 Å². The summed E-state index contributed by atoms with van der Waals surface area (Å²) in [6.45, 7) is 3.86. The van der Waals surface area contributed by atoms with Crippen LogP contribution in [0.4, 0.5) is 10.1 Å². The fraction of sp³-hybridized carbons (Fsp3) is 0.158. The molecule has 3 nitrogen and oxygen atoms in total. The highest BCUT2D eigenvalue weighted by Crippen LogP contribution is 2.42. The predicted molar refractivity (Wildman–Crippen MR) is 105 cm³/mol. The van der Waals surface area contributed by atoms with Gasteiger partial charge in [-0.2, -0.15) is 0 Å². The third-order valence-electron chi connectivity index (χ3n) is 3.68. The first-order chi connectivity index (χ1) is 12.3. The first-order valence-corrected chi connectivity index (χ1v) is 9.44. The van der Waals surface area contributed by atoms with E-state index in [0.717, 1.165) is 4.90 Å². The monoisotopic (exact) mass is 409 g/mol. The van der Waals surface area contributed by atoms with Crippen LogP contribution in [-0.4, -0.2) is 17.1 Å². The third-order valence-corrected chi connectivity index (χ3v) is 5.31. The predicted octanol–water partition coefficient (Wildman–Crippen LogP) is 5.56. The minimum absolute atomic E-state index is 0.0796. The second kappa shape index (κ2) is 7.43. The zero-order valence-corrected chi connectivity index (χ0v) is 16.3. The first-order valence-electron chi connectivity index (χ1n) is 7.80. The van der Waals surface area contributed by atoms with Crippen LogP contribution >= 0.6 is 35.0 Å². The molecule has 0 fully saturated rings. The van der Waals surface area contributed by atoms with Crippen LogP contribution in [-0.2, 0) is 9.59 Å². The normalized spacial score (nSPS) is 14.8. The van der Waals surface area contributed by atoms with Crippen molar-refractivity contribution in [2.45, 2.75) is 19.1 Å². The summed E-state index contributed by atoms with van der Waals surface area (Å²) >= 11 is 13.5. The zero-order valence-electron chi connectivity index (χ0n) is 13.9. The molecule has 0 N–H and O–H groups in total. The molecule has 2 amide bonds. The number of benzene rings is 2. The van der Waals surface area contributed by atoms with Gasteiger partial charge in [0.1, 0.15) is 5.82 Å². The van der Waals surface area contributed by atoms with Crippen molar-refractivity contribution in [3.8, 4) is 0 Å². The molecule has 134 valence electrons. The lowest BCUT2D eigenvalue weighted by Crippen LogP contribution is -2.31. The highest BCUT2D eigenvalue weighted by Gasteiger charge is 2.41. The Morgan fingerprint density at radius 1 is 1.00 bits per heavy atom. The number of carbonyl (C=O) groups excluding carboxylic acids is 2. The summed E-state index contributed by atoms with van der Waals surface area (Å²) in [5, 5.41) is 0.803. The number of carbonyl (C=O) groups is 2. The van der Waals surface area contributed by atoms with Gasteiger partial charge >= 0.3 is 0 Å². The number of rotatable bonds is 4. The SMILES string of the molecule is CC(C)SC1=C(c2ccc(Cl)cc2Cl)C(=O)N(c2ccc(F)cc2)C1=O. The molecule has 0 atom stereocenters. The topological polar surface area (TPSA) is 37.4 Å². The van der Waals surface area contributed by atoms with Crippen LogP contribution in [0.2, 0.25) is 10.0 Å². The van der Waals surface area contributed by atoms with Crippen molar-refractivity contribution < 1.29 is 14.0 Å². The fourth-order valence-electron chi connectivity index (χ4n) is 2.61. The van der Waals surface area contributed by atoms with Gasteiger partial charge in [0, 0.05) is 15.8 Å². The number of thioether (sulfide) groups is 1. The molecular formula is C19H14Cl2FNO2S. The molecule has 0 aliphatic carbocycles. The van der Waals surface area contributed by atoms with Crippen molar-refractivity contribution in [1.29, 1.82) is 0 Å². The van der Waals surface area contributed by atoms with Crippen LogP contribution in [0.1, 0.15) is 19.4 Å². The Bertz CT molecular complexity index is 926. The third kappa shape index (κ3) is 3.52. The van der Waals surface area contributed by atoms with Gasteiger partial charge in [0.2, 0.25) is 0 Å². The standard InChI is InChI=1S/C19H14Cl2FNO2S/c1-10(2)26-17-16(14-8-3-11(20)9-15(14)21)18(24)23(19(17)25)13-6-4-12(22)5-7-13/h3-10H,1-2H3. The van der Waals surface area contributed by atoms with Crippen LogP contribution < -0.4 is 4.90 Å². The van der Waals surface area contributed by atoms with E-state index in [4.69, 9.17) is 23.2 Å². The number of amides is 2. The molecule has 0 spiro atoms. The maximum absolute atomic E-state index is 13.2. The Kier molecular flexibility index (Phi) is 5.42. The van der Waals surface area contributed by atoms with Gasteiger partial charge in [0.15, 0.2) is 0 Å². The van der Waals surface area contributed by atoms with E-state index in [1.54, 1.807) is 12.1 Å². The Morgan fingerprint density at radius 3 is 2.23 bits per heavy atom. The Labute approximate surface area is 164 Å². The highest BCUT2D eigenvalue weighted by atomic mass is 35.5. The summed E-state index contributed by atoms with van der Waals surface area (Å²) in [4.78, 5) is 27.4. The van der Waals surface area contributed by atoms with E-state index in [-0.39, 0.29) is 15.8 Å².